The van der Waals surface area contributed by atoms with Crippen LogP contribution in [-0.2, 0) is 6.54 Å². The second-order valence-corrected chi connectivity index (χ2v) is 7.23. The zero-order valence-electron chi connectivity index (χ0n) is 11.5. The Labute approximate surface area is 153 Å². The van der Waals surface area contributed by atoms with Crippen molar-refractivity contribution in [2.45, 2.75) is 24.9 Å². The third kappa shape index (κ3) is 4.46. The van der Waals surface area contributed by atoms with Crippen molar-refractivity contribution in [2.75, 3.05) is 7.05 Å². The molecule has 0 bridgehead atoms. The molecule has 0 radical (unpaired) electrons. The van der Waals surface area contributed by atoms with Crippen molar-refractivity contribution in [3.05, 3.63) is 45.0 Å². The fourth-order valence-electron chi connectivity index (χ4n) is 2.15. The van der Waals surface area contributed by atoms with E-state index in [2.05, 4.69) is 43.7 Å². The quantitative estimate of drug-likeness (QED) is 0.395. The number of rotatable bonds is 4. The van der Waals surface area contributed by atoms with Gasteiger partial charge in [0.15, 0.2) is 5.96 Å². The van der Waals surface area contributed by atoms with E-state index < -0.39 is 0 Å². The van der Waals surface area contributed by atoms with Crippen molar-refractivity contribution in [3.63, 3.8) is 0 Å². The van der Waals surface area contributed by atoms with Crippen LogP contribution < -0.4 is 10.6 Å². The molecule has 0 spiro atoms. The summed E-state index contributed by atoms with van der Waals surface area (Å²) in [6.07, 6.45) is 2.84. The minimum absolute atomic E-state index is 0. The molecule has 0 aromatic carbocycles. The Morgan fingerprint density at radius 2 is 2.33 bits per heavy atom. The summed E-state index contributed by atoms with van der Waals surface area (Å²) in [4.78, 5) is 5.67. The molecule has 1 aliphatic rings. The Kier molecular flexibility index (Phi) is 6.12. The van der Waals surface area contributed by atoms with Crippen molar-refractivity contribution in [2.24, 2.45) is 4.99 Å². The number of halogens is 2. The summed E-state index contributed by atoms with van der Waals surface area (Å²) < 4.78 is 6.49. The molecule has 0 unspecified atom stereocenters. The number of hydrogen-bond acceptors (Lipinski definition) is 3. The Balaban J connectivity index is 0.00000161. The fraction of sp³-hybridized carbons (Fsp3) is 0.357. The Bertz CT molecular complexity index is 599. The smallest absolute Gasteiger partial charge is 0.191 e. The standard InChI is InChI=1S/C14H16BrN3OS.HI/c1-16-14(17-8-9-3-2-6-19-9)18-11-7-10(11)12-4-5-13(15)20-12;/h2-6,10-11H,7-8H2,1H3,(H2,16,17,18);1H/t10-,11-;/m1./s1. The average molecular weight is 482 g/mol. The van der Waals surface area contributed by atoms with E-state index in [0.29, 0.717) is 18.5 Å². The first-order valence-electron chi connectivity index (χ1n) is 6.51. The lowest BCUT2D eigenvalue weighted by Gasteiger charge is -2.10. The number of aliphatic imine (C=N–C) groups is 1. The molecule has 114 valence electrons. The van der Waals surface area contributed by atoms with E-state index in [1.807, 2.05) is 23.5 Å². The molecule has 1 saturated carbocycles. The average Bonchev–Trinajstić information content (AvgIpc) is 2.86. The molecule has 1 fully saturated rings. The lowest BCUT2D eigenvalue weighted by Crippen LogP contribution is -2.38. The van der Waals surface area contributed by atoms with Crippen LogP contribution in [0.15, 0.2) is 43.7 Å². The summed E-state index contributed by atoms with van der Waals surface area (Å²) in [6, 6.07) is 8.62. The zero-order valence-corrected chi connectivity index (χ0v) is 16.2. The molecule has 2 atom stereocenters. The van der Waals surface area contributed by atoms with Gasteiger partial charge in [0, 0.05) is 23.9 Å². The molecule has 7 heteroatoms. The molecule has 21 heavy (non-hydrogen) atoms. The first kappa shape index (κ1) is 16.8. The van der Waals surface area contributed by atoms with Gasteiger partial charge in [0.2, 0.25) is 0 Å². The van der Waals surface area contributed by atoms with Gasteiger partial charge in [-0.25, -0.2) is 0 Å². The van der Waals surface area contributed by atoms with Gasteiger partial charge in [-0.2, -0.15) is 0 Å². The second-order valence-electron chi connectivity index (χ2n) is 4.74. The lowest BCUT2D eigenvalue weighted by atomic mass is 10.3. The van der Waals surface area contributed by atoms with Crippen LogP contribution in [0.5, 0.6) is 0 Å². The van der Waals surface area contributed by atoms with E-state index in [1.165, 1.54) is 8.66 Å². The van der Waals surface area contributed by atoms with Crippen molar-refractivity contribution in [3.8, 4) is 0 Å². The van der Waals surface area contributed by atoms with Gasteiger partial charge in [-0.15, -0.1) is 35.3 Å². The molecule has 4 nitrogen and oxygen atoms in total. The van der Waals surface area contributed by atoms with Gasteiger partial charge in [-0.05, 0) is 46.6 Å². The highest BCUT2D eigenvalue weighted by atomic mass is 127. The molecule has 1 aliphatic carbocycles. The molecular weight excluding hydrogens is 465 g/mol. The zero-order chi connectivity index (χ0) is 13.9. The van der Waals surface area contributed by atoms with E-state index >= 15 is 0 Å². The van der Waals surface area contributed by atoms with Crippen LogP contribution in [0.2, 0.25) is 0 Å². The molecule has 2 aromatic rings. The van der Waals surface area contributed by atoms with Gasteiger partial charge in [0.05, 0.1) is 16.6 Å². The number of guanidine groups is 1. The van der Waals surface area contributed by atoms with Crippen LogP contribution in [0, 0.1) is 0 Å². The van der Waals surface area contributed by atoms with Crippen molar-refractivity contribution < 1.29 is 4.42 Å². The summed E-state index contributed by atoms with van der Waals surface area (Å²) in [5.41, 5.74) is 0. The Morgan fingerprint density at radius 3 is 2.95 bits per heavy atom. The number of nitrogens with one attached hydrogen (secondary N) is 2. The molecule has 0 saturated heterocycles. The molecular formula is C14H17BrIN3OS. The highest BCUT2D eigenvalue weighted by molar-refractivity contribution is 14.0. The predicted molar refractivity (Wildman–Crippen MR) is 101 cm³/mol. The maximum Gasteiger partial charge on any atom is 0.191 e. The first-order chi connectivity index (χ1) is 9.76. The van der Waals surface area contributed by atoms with E-state index in [0.717, 1.165) is 18.1 Å². The Hall–Kier alpha value is -0.540. The molecule has 3 rings (SSSR count). The number of thiophene rings is 1. The minimum atomic E-state index is 0. The van der Waals surface area contributed by atoms with Gasteiger partial charge in [0.1, 0.15) is 5.76 Å². The van der Waals surface area contributed by atoms with Crippen molar-refractivity contribution >= 4 is 57.2 Å². The molecule has 0 aliphatic heterocycles. The highest BCUT2D eigenvalue weighted by Crippen LogP contribution is 2.44. The fourth-order valence-corrected chi connectivity index (χ4v) is 3.75. The van der Waals surface area contributed by atoms with Crippen LogP contribution in [0.4, 0.5) is 0 Å². The maximum absolute atomic E-state index is 5.29. The molecule has 2 N–H and O–H groups in total. The summed E-state index contributed by atoms with van der Waals surface area (Å²) in [7, 11) is 1.79. The second kappa shape index (κ2) is 7.64. The lowest BCUT2D eigenvalue weighted by molar-refractivity contribution is 0.501. The van der Waals surface area contributed by atoms with Crippen LogP contribution in [0.25, 0.3) is 0 Å². The van der Waals surface area contributed by atoms with Crippen LogP contribution >= 0.6 is 51.2 Å². The van der Waals surface area contributed by atoms with E-state index in [-0.39, 0.29) is 24.0 Å². The van der Waals surface area contributed by atoms with Gasteiger partial charge in [-0.1, -0.05) is 0 Å². The topological polar surface area (TPSA) is 49.6 Å². The monoisotopic (exact) mass is 481 g/mol. The largest absolute Gasteiger partial charge is 0.467 e. The molecule has 2 aromatic heterocycles. The van der Waals surface area contributed by atoms with Crippen molar-refractivity contribution in [1.29, 1.82) is 0 Å². The van der Waals surface area contributed by atoms with Crippen LogP contribution in [-0.4, -0.2) is 19.0 Å². The summed E-state index contributed by atoms with van der Waals surface area (Å²) in [5.74, 6) is 2.33. The summed E-state index contributed by atoms with van der Waals surface area (Å²) in [5, 5.41) is 6.71. The third-order valence-corrected chi connectivity index (χ3v) is 5.06. The minimum Gasteiger partial charge on any atom is -0.467 e. The third-order valence-electron chi connectivity index (χ3n) is 3.31. The Morgan fingerprint density at radius 1 is 1.48 bits per heavy atom. The van der Waals surface area contributed by atoms with Gasteiger partial charge in [-0.3, -0.25) is 4.99 Å². The van der Waals surface area contributed by atoms with Crippen LogP contribution in [0.3, 0.4) is 0 Å². The summed E-state index contributed by atoms with van der Waals surface area (Å²) >= 11 is 5.32. The van der Waals surface area contributed by atoms with Gasteiger partial charge >= 0.3 is 0 Å². The van der Waals surface area contributed by atoms with Crippen LogP contribution in [0.1, 0.15) is 23.0 Å². The molecule has 2 heterocycles. The maximum atomic E-state index is 5.29. The van der Waals surface area contributed by atoms with E-state index in [4.69, 9.17) is 4.42 Å². The van der Waals surface area contributed by atoms with Gasteiger partial charge in [0.25, 0.3) is 0 Å². The van der Waals surface area contributed by atoms with E-state index in [9.17, 15) is 0 Å². The number of furan rings is 1. The van der Waals surface area contributed by atoms with Crippen molar-refractivity contribution in [1.82, 2.24) is 10.6 Å². The highest BCUT2D eigenvalue weighted by Gasteiger charge is 2.40. The number of hydrogen-bond donors (Lipinski definition) is 2. The van der Waals surface area contributed by atoms with Gasteiger partial charge < -0.3 is 15.1 Å². The number of nitrogens with zero attached hydrogens (tertiary/aromatic N) is 1. The van der Waals surface area contributed by atoms with E-state index in [1.54, 1.807) is 13.3 Å². The normalized spacial score (nSPS) is 20.8. The predicted octanol–water partition coefficient (Wildman–Crippen LogP) is 3.94. The SMILES string of the molecule is CN=C(NCc1ccco1)N[C@@H]1C[C@H]1c1ccc(Br)s1.I. The first-order valence-corrected chi connectivity index (χ1v) is 8.12. The molecule has 0 amide bonds. The summed E-state index contributed by atoms with van der Waals surface area (Å²) in [6.45, 7) is 0.647.